The summed E-state index contributed by atoms with van der Waals surface area (Å²) >= 11 is 1.57. The molecule has 0 saturated carbocycles. The molecule has 0 aliphatic rings. The first-order valence-electron chi connectivity index (χ1n) is 5.93. The first kappa shape index (κ1) is 12.1. The van der Waals surface area contributed by atoms with E-state index in [1.807, 2.05) is 22.9 Å². The van der Waals surface area contributed by atoms with Gasteiger partial charge in [-0.3, -0.25) is 4.40 Å². The van der Waals surface area contributed by atoms with Gasteiger partial charge in [-0.2, -0.15) is 0 Å². The summed E-state index contributed by atoms with van der Waals surface area (Å²) in [5, 5.41) is 12.5. The van der Waals surface area contributed by atoms with E-state index < -0.39 is 0 Å². The summed E-state index contributed by atoms with van der Waals surface area (Å²) in [5.74, 6) is 1.43. The molecular weight excluding hydrogens is 262 g/mol. The molecule has 0 aliphatic carbocycles. The lowest BCUT2D eigenvalue weighted by molar-refractivity contribution is 0.477. The van der Waals surface area contributed by atoms with Crippen molar-refractivity contribution < 1.29 is 0 Å². The topological polar surface area (TPSA) is 73.8 Å². The number of aromatic nitrogens is 7. The maximum atomic E-state index is 4.44. The molecule has 0 atom stereocenters. The second kappa shape index (κ2) is 4.96. The first-order valence-corrected chi connectivity index (χ1v) is 6.92. The quantitative estimate of drug-likeness (QED) is 0.673. The van der Waals surface area contributed by atoms with Crippen LogP contribution in [0.5, 0.6) is 0 Å². The van der Waals surface area contributed by atoms with Gasteiger partial charge in [0.05, 0.1) is 11.7 Å². The van der Waals surface area contributed by atoms with Gasteiger partial charge < -0.3 is 0 Å². The molecule has 3 aromatic rings. The Labute approximate surface area is 114 Å². The van der Waals surface area contributed by atoms with Crippen LogP contribution in [0.15, 0.2) is 29.8 Å². The maximum absolute atomic E-state index is 4.44. The molecule has 19 heavy (non-hydrogen) atoms. The zero-order valence-electron chi connectivity index (χ0n) is 10.6. The van der Waals surface area contributed by atoms with Crippen LogP contribution in [-0.4, -0.2) is 34.6 Å². The van der Waals surface area contributed by atoms with Crippen LogP contribution in [0.1, 0.15) is 25.6 Å². The summed E-state index contributed by atoms with van der Waals surface area (Å²) in [7, 11) is 0. The third-order valence-electron chi connectivity index (χ3n) is 2.59. The van der Waals surface area contributed by atoms with Crippen LogP contribution in [0.3, 0.4) is 0 Å². The first-order chi connectivity index (χ1) is 9.24. The average Bonchev–Trinajstić information content (AvgIpc) is 3.02. The molecule has 0 aromatic carbocycles. The van der Waals surface area contributed by atoms with Crippen LogP contribution >= 0.6 is 11.8 Å². The fourth-order valence-electron chi connectivity index (χ4n) is 1.69. The maximum Gasteiger partial charge on any atom is 0.233 e. The highest BCUT2D eigenvalue weighted by Gasteiger charge is 2.11. The van der Waals surface area contributed by atoms with Gasteiger partial charge in [-0.1, -0.05) is 11.8 Å². The number of tetrazole rings is 1. The highest BCUT2D eigenvalue weighted by atomic mass is 32.2. The van der Waals surface area contributed by atoms with E-state index in [0.29, 0.717) is 5.78 Å². The van der Waals surface area contributed by atoms with E-state index in [0.717, 1.165) is 16.6 Å². The summed E-state index contributed by atoms with van der Waals surface area (Å²) in [4.78, 5) is 8.63. The fraction of sp³-hybridized carbons (Fsp3) is 0.364. The van der Waals surface area contributed by atoms with Crippen molar-refractivity contribution in [3.05, 3.63) is 30.4 Å². The van der Waals surface area contributed by atoms with Crippen LogP contribution in [-0.2, 0) is 5.75 Å². The summed E-state index contributed by atoms with van der Waals surface area (Å²) in [5.41, 5.74) is 0.960. The highest BCUT2D eigenvalue weighted by molar-refractivity contribution is 7.98. The minimum atomic E-state index is 0.250. The molecule has 0 unspecified atom stereocenters. The van der Waals surface area contributed by atoms with Crippen LogP contribution in [0.25, 0.3) is 5.78 Å². The van der Waals surface area contributed by atoms with Crippen LogP contribution < -0.4 is 0 Å². The minimum Gasteiger partial charge on any atom is -0.291 e. The van der Waals surface area contributed by atoms with Gasteiger partial charge in [0.15, 0.2) is 0 Å². The van der Waals surface area contributed by atoms with E-state index in [9.17, 15) is 0 Å². The molecule has 0 saturated heterocycles. The monoisotopic (exact) mass is 275 g/mol. The Balaban J connectivity index is 1.76. The highest BCUT2D eigenvalue weighted by Crippen LogP contribution is 2.21. The van der Waals surface area contributed by atoms with E-state index in [1.54, 1.807) is 22.6 Å². The fourth-order valence-corrected chi connectivity index (χ4v) is 2.58. The predicted octanol–water partition coefficient (Wildman–Crippen LogP) is 1.59. The molecule has 0 amide bonds. The van der Waals surface area contributed by atoms with Gasteiger partial charge in [-0.15, -0.1) is 5.10 Å². The van der Waals surface area contributed by atoms with Crippen molar-refractivity contribution >= 4 is 17.5 Å². The van der Waals surface area contributed by atoms with E-state index in [4.69, 9.17) is 0 Å². The number of nitrogens with zero attached hydrogens (tertiary/aromatic N) is 7. The summed E-state index contributed by atoms with van der Waals surface area (Å²) in [6, 6.07) is 2.13. The summed E-state index contributed by atoms with van der Waals surface area (Å²) in [6.45, 7) is 4.10. The van der Waals surface area contributed by atoms with E-state index >= 15 is 0 Å². The third-order valence-corrected chi connectivity index (χ3v) is 3.55. The van der Waals surface area contributed by atoms with E-state index in [2.05, 4.69) is 39.3 Å². The lowest BCUT2D eigenvalue weighted by Crippen LogP contribution is -2.04. The molecule has 0 bridgehead atoms. The van der Waals surface area contributed by atoms with Gasteiger partial charge in [0.1, 0.15) is 0 Å². The molecule has 0 spiro atoms. The Morgan fingerprint density at radius 2 is 2.26 bits per heavy atom. The van der Waals surface area contributed by atoms with Gasteiger partial charge in [0, 0.05) is 24.3 Å². The largest absolute Gasteiger partial charge is 0.291 e. The second-order valence-corrected chi connectivity index (χ2v) is 5.29. The summed E-state index contributed by atoms with van der Waals surface area (Å²) < 4.78 is 3.71. The molecule has 0 N–H and O–H groups in total. The standard InChI is InChI=1S/C11H13N7S/c1-8(2)18-11(14-15-16-18)19-7-9-6-17-5-3-4-12-10(17)13-9/h3-6,8H,7H2,1-2H3. The lowest BCUT2D eigenvalue weighted by atomic mass is 10.4. The van der Waals surface area contributed by atoms with Gasteiger partial charge in [0.25, 0.3) is 0 Å². The molecule has 3 rings (SSSR count). The number of thioether (sulfide) groups is 1. The molecule has 3 aromatic heterocycles. The molecule has 7 nitrogen and oxygen atoms in total. The molecule has 0 aliphatic heterocycles. The van der Waals surface area contributed by atoms with Crippen molar-refractivity contribution in [1.82, 2.24) is 34.6 Å². The molecule has 0 fully saturated rings. The number of fused-ring (bicyclic) bond motifs is 1. The van der Waals surface area contributed by atoms with Gasteiger partial charge in [-0.25, -0.2) is 14.6 Å². The Kier molecular flexibility index (Phi) is 3.16. The normalized spacial score (nSPS) is 11.5. The average molecular weight is 275 g/mol. The number of hydrogen-bond acceptors (Lipinski definition) is 6. The van der Waals surface area contributed by atoms with Crippen molar-refractivity contribution in [3.63, 3.8) is 0 Å². The van der Waals surface area contributed by atoms with Gasteiger partial charge in [0.2, 0.25) is 10.9 Å². The van der Waals surface area contributed by atoms with Crippen molar-refractivity contribution in [3.8, 4) is 0 Å². The Hall–Kier alpha value is -1.96. The zero-order valence-corrected chi connectivity index (χ0v) is 11.4. The molecular formula is C11H13N7S. The number of imidazole rings is 1. The molecule has 0 radical (unpaired) electrons. The SMILES string of the molecule is CC(C)n1nnnc1SCc1cn2cccnc2n1. The van der Waals surface area contributed by atoms with E-state index in [-0.39, 0.29) is 6.04 Å². The Bertz CT molecular complexity index is 654. The second-order valence-electron chi connectivity index (χ2n) is 4.35. The molecule has 98 valence electrons. The van der Waals surface area contributed by atoms with Crippen molar-refractivity contribution in [2.75, 3.05) is 0 Å². The zero-order chi connectivity index (χ0) is 13.2. The van der Waals surface area contributed by atoms with Gasteiger partial charge >= 0.3 is 0 Å². The van der Waals surface area contributed by atoms with Crippen LogP contribution in [0, 0.1) is 0 Å². The third kappa shape index (κ3) is 2.43. The Morgan fingerprint density at radius 3 is 3.05 bits per heavy atom. The van der Waals surface area contributed by atoms with Crippen molar-refractivity contribution in [2.45, 2.75) is 30.8 Å². The van der Waals surface area contributed by atoms with Crippen LogP contribution in [0.2, 0.25) is 0 Å². The number of rotatable bonds is 4. The van der Waals surface area contributed by atoms with Crippen molar-refractivity contribution in [2.24, 2.45) is 0 Å². The van der Waals surface area contributed by atoms with Gasteiger partial charge in [-0.05, 0) is 30.3 Å². The summed E-state index contributed by atoms with van der Waals surface area (Å²) in [6.07, 6.45) is 5.64. The Morgan fingerprint density at radius 1 is 1.37 bits per heavy atom. The predicted molar refractivity (Wildman–Crippen MR) is 70.8 cm³/mol. The van der Waals surface area contributed by atoms with Crippen molar-refractivity contribution in [1.29, 1.82) is 0 Å². The smallest absolute Gasteiger partial charge is 0.233 e. The van der Waals surface area contributed by atoms with Crippen LogP contribution in [0.4, 0.5) is 0 Å². The molecule has 8 heteroatoms. The number of hydrogen-bond donors (Lipinski definition) is 0. The lowest BCUT2D eigenvalue weighted by Gasteiger charge is -2.05. The minimum absolute atomic E-state index is 0.250. The molecule has 3 heterocycles. The van der Waals surface area contributed by atoms with E-state index in [1.165, 1.54) is 0 Å².